The van der Waals surface area contributed by atoms with Gasteiger partial charge in [0.1, 0.15) is 5.52 Å². The van der Waals surface area contributed by atoms with Gasteiger partial charge in [0.05, 0.1) is 11.2 Å². The molecule has 0 saturated heterocycles. The highest BCUT2D eigenvalue weighted by molar-refractivity contribution is 6.20. The zero-order chi connectivity index (χ0) is 33.7. The quantitative estimate of drug-likeness (QED) is 0.172. The molecule has 0 amide bonds. The third-order valence-corrected chi connectivity index (χ3v) is 9.31. The van der Waals surface area contributed by atoms with E-state index in [1.807, 2.05) is 103 Å². The Hall–Kier alpha value is -7.05. The molecule has 238 valence electrons. The summed E-state index contributed by atoms with van der Waals surface area (Å²) in [4.78, 5) is 25.0. The maximum Gasteiger partial charge on any atom is 0.227 e. The summed E-state index contributed by atoms with van der Waals surface area (Å²) < 4.78 is 6.51. The molecular formula is C45H27N5O. The van der Waals surface area contributed by atoms with E-state index in [1.54, 1.807) is 0 Å². The monoisotopic (exact) mass is 653 g/mol. The summed E-state index contributed by atoms with van der Waals surface area (Å²) in [5.41, 5.74) is 7.90. The van der Waals surface area contributed by atoms with Crippen LogP contribution >= 0.6 is 0 Å². The number of hydrogen-bond donors (Lipinski definition) is 0. The van der Waals surface area contributed by atoms with Crippen molar-refractivity contribution in [2.45, 2.75) is 0 Å². The fourth-order valence-electron chi connectivity index (χ4n) is 6.84. The van der Waals surface area contributed by atoms with Gasteiger partial charge in [-0.3, -0.25) is 0 Å². The van der Waals surface area contributed by atoms with Crippen LogP contribution in [0.1, 0.15) is 0 Å². The van der Waals surface area contributed by atoms with Gasteiger partial charge in [-0.05, 0) is 47.2 Å². The van der Waals surface area contributed by atoms with Crippen LogP contribution in [0.25, 0.3) is 100 Å². The second-order valence-electron chi connectivity index (χ2n) is 12.5. The van der Waals surface area contributed by atoms with Crippen molar-refractivity contribution in [2.24, 2.45) is 0 Å². The number of oxazole rings is 1. The van der Waals surface area contributed by atoms with E-state index in [0.29, 0.717) is 28.9 Å². The van der Waals surface area contributed by atoms with E-state index in [4.69, 9.17) is 29.3 Å². The minimum absolute atomic E-state index is 0.521. The van der Waals surface area contributed by atoms with Crippen LogP contribution in [0.2, 0.25) is 0 Å². The molecule has 0 spiro atoms. The van der Waals surface area contributed by atoms with Crippen LogP contribution in [0.3, 0.4) is 0 Å². The molecule has 0 bridgehead atoms. The Morgan fingerprint density at radius 1 is 0.373 bits per heavy atom. The smallest absolute Gasteiger partial charge is 0.227 e. The van der Waals surface area contributed by atoms with Crippen molar-refractivity contribution < 1.29 is 4.42 Å². The number of rotatable bonds is 5. The van der Waals surface area contributed by atoms with E-state index in [-0.39, 0.29) is 0 Å². The summed E-state index contributed by atoms with van der Waals surface area (Å²) in [5.74, 6) is 2.32. The van der Waals surface area contributed by atoms with Crippen molar-refractivity contribution in [1.29, 1.82) is 0 Å². The Kier molecular flexibility index (Phi) is 6.70. The minimum Gasteiger partial charge on any atom is -0.436 e. The molecule has 10 aromatic rings. The summed E-state index contributed by atoms with van der Waals surface area (Å²) >= 11 is 0. The zero-order valence-corrected chi connectivity index (χ0v) is 27.2. The lowest BCUT2D eigenvalue weighted by molar-refractivity contribution is 0.620. The molecule has 6 heteroatoms. The van der Waals surface area contributed by atoms with Crippen molar-refractivity contribution >= 4 is 43.5 Å². The normalized spacial score (nSPS) is 11.5. The van der Waals surface area contributed by atoms with Gasteiger partial charge in [-0.25, -0.2) is 24.9 Å². The molecule has 0 unspecified atom stereocenters. The van der Waals surface area contributed by atoms with Crippen molar-refractivity contribution in [3.63, 3.8) is 0 Å². The Balaban J connectivity index is 1.13. The molecule has 6 nitrogen and oxygen atoms in total. The van der Waals surface area contributed by atoms with Crippen LogP contribution in [0.4, 0.5) is 0 Å². The van der Waals surface area contributed by atoms with E-state index < -0.39 is 0 Å². The van der Waals surface area contributed by atoms with Crippen LogP contribution in [0.15, 0.2) is 168 Å². The summed E-state index contributed by atoms with van der Waals surface area (Å²) in [6.07, 6.45) is 0. The lowest BCUT2D eigenvalue weighted by Crippen LogP contribution is -2.00. The van der Waals surface area contributed by atoms with Gasteiger partial charge < -0.3 is 4.42 Å². The molecule has 0 radical (unpaired) electrons. The number of aromatic nitrogens is 5. The fraction of sp³-hybridized carbons (Fsp3) is 0. The molecule has 51 heavy (non-hydrogen) atoms. The first-order valence-corrected chi connectivity index (χ1v) is 16.8. The van der Waals surface area contributed by atoms with E-state index in [1.165, 1.54) is 10.8 Å². The second kappa shape index (κ2) is 11.8. The first kappa shape index (κ1) is 28.9. The Labute approximate surface area is 292 Å². The molecule has 0 aliphatic rings. The second-order valence-corrected chi connectivity index (χ2v) is 12.5. The van der Waals surface area contributed by atoms with Gasteiger partial charge in [0.15, 0.2) is 23.1 Å². The predicted octanol–water partition coefficient (Wildman–Crippen LogP) is 11.2. The van der Waals surface area contributed by atoms with Crippen molar-refractivity contribution in [2.75, 3.05) is 0 Å². The maximum absolute atomic E-state index is 6.51. The third kappa shape index (κ3) is 5.09. The summed E-state index contributed by atoms with van der Waals surface area (Å²) in [7, 11) is 0. The van der Waals surface area contributed by atoms with Gasteiger partial charge in [0.2, 0.25) is 5.89 Å². The average Bonchev–Trinajstić information content (AvgIpc) is 3.66. The lowest BCUT2D eigenvalue weighted by Gasteiger charge is -2.11. The molecule has 3 aromatic heterocycles. The Morgan fingerprint density at radius 2 is 1.00 bits per heavy atom. The predicted molar refractivity (Wildman–Crippen MR) is 205 cm³/mol. The fourth-order valence-corrected chi connectivity index (χ4v) is 6.84. The van der Waals surface area contributed by atoms with Crippen LogP contribution in [-0.2, 0) is 0 Å². The van der Waals surface area contributed by atoms with E-state index in [9.17, 15) is 0 Å². The summed E-state index contributed by atoms with van der Waals surface area (Å²) in [5, 5.41) is 5.44. The van der Waals surface area contributed by atoms with Crippen molar-refractivity contribution in [3.05, 3.63) is 164 Å². The van der Waals surface area contributed by atoms with E-state index in [0.717, 1.165) is 60.7 Å². The van der Waals surface area contributed by atoms with Crippen molar-refractivity contribution in [1.82, 2.24) is 24.9 Å². The van der Waals surface area contributed by atoms with Crippen molar-refractivity contribution in [3.8, 4) is 56.9 Å². The summed E-state index contributed by atoms with van der Waals surface area (Å²) in [6, 6.07) is 55.3. The van der Waals surface area contributed by atoms with Crippen LogP contribution in [0, 0.1) is 0 Å². The summed E-state index contributed by atoms with van der Waals surface area (Å²) in [6.45, 7) is 0. The molecule has 0 saturated carbocycles. The number of hydrogen-bond acceptors (Lipinski definition) is 6. The molecule has 0 aliphatic heterocycles. The first-order chi connectivity index (χ1) is 25.2. The molecule has 0 aliphatic carbocycles. The highest BCUT2D eigenvalue weighted by Gasteiger charge is 2.19. The highest BCUT2D eigenvalue weighted by atomic mass is 16.3. The average molecular weight is 654 g/mol. The molecule has 0 N–H and O–H groups in total. The van der Waals surface area contributed by atoms with Crippen LogP contribution in [0.5, 0.6) is 0 Å². The van der Waals surface area contributed by atoms with Crippen LogP contribution < -0.4 is 0 Å². The van der Waals surface area contributed by atoms with Gasteiger partial charge in [-0.1, -0.05) is 127 Å². The standard InChI is InChI=1S/C45H27N5O/c1-3-13-29(14-4-1)42-48-43(30-15-5-2-6-16-30)50-44(49-42)33-18-11-19-34(27-33)45-47-41-38(51-45)25-24-36-39(41)35-20-9-10-21-37(35)46-40(36)32-23-22-28-12-7-8-17-31(28)26-32/h1-27H. The zero-order valence-electron chi connectivity index (χ0n) is 27.2. The number of nitrogens with zero attached hydrogens (tertiary/aromatic N) is 5. The molecule has 3 heterocycles. The van der Waals surface area contributed by atoms with Gasteiger partial charge in [-0.15, -0.1) is 0 Å². The van der Waals surface area contributed by atoms with Crippen LogP contribution in [-0.4, -0.2) is 24.9 Å². The maximum atomic E-state index is 6.51. The molecular weight excluding hydrogens is 627 g/mol. The number of benzene rings is 7. The molecule has 7 aromatic carbocycles. The largest absolute Gasteiger partial charge is 0.436 e. The van der Waals surface area contributed by atoms with Gasteiger partial charge in [-0.2, -0.15) is 0 Å². The SMILES string of the molecule is c1ccc(-c2nc(-c3ccccc3)nc(-c3cccc(-c4nc5c(ccc6c(-c7ccc8ccccc8c7)nc7ccccc7c65)o4)c3)n2)cc1. The number of pyridine rings is 1. The first-order valence-electron chi connectivity index (χ1n) is 16.8. The minimum atomic E-state index is 0.521. The van der Waals surface area contributed by atoms with Gasteiger partial charge in [0, 0.05) is 44.0 Å². The van der Waals surface area contributed by atoms with E-state index >= 15 is 0 Å². The molecule has 10 rings (SSSR count). The van der Waals surface area contributed by atoms with E-state index in [2.05, 4.69) is 60.7 Å². The number of fused-ring (bicyclic) bond motifs is 6. The van der Waals surface area contributed by atoms with Gasteiger partial charge in [0.25, 0.3) is 0 Å². The lowest BCUT2D eigenvalue weighted by atomic mass is 9.97. The number of para-hydroxylation sites is 1. The third-order valence-electron chi connectivity index (χ3n) is 9.31. The van der Waals surface area contributed by atoms with Gasteiger partial charge >= 0.3 is 0 Å². The topological polar surface area (TPSA) is 77.6 Å². The molecule has 0 atom stereocenters. The Bertz CT molecular complexity index is 2860. The Morgan fingerprint density at radius 3 is 1.76 bits per heavy atom. The molecule has 0 fully saturated rings. The highest BCUT2D eigenvalue weighted by Crippen LogP contribution is 2.39.